The lowest BCUT2D eigenvalue weighted by Gasteiger charge is -2.17. The fourth-order valence-electron chi connectivity index (χ4n) is 2.36. The van der Waals surface area contributed by atoms with Crippen molar-refractivity contribution >= 4 is 19.9 Å². The van der Waals surface area contributed by atoms with Crippen LogP contribution in [0.15, 0.2) is 52.3 Å². The number of benzene rings is 2. The number of methoxy groups -OCH3 is 2. The van der Waals surface area contributed by atoms with Crippen molar-refractivity contribution in [2.45, 2.75) is 22.8 Å². The van der Waals surface area contributed by atoms with Crippen molar-refractivity contribution in [3.63, 3.8) is 0 Å². The predicted molar refractivity (Wildman–Crippen MR) is 97.8 cm³/mol. The average molecular weight is 399 g/mol. The maximum absolute atomic E-state index is 12.7. The van der Waals surface area contributed by atoms with Gasteiger partial charge < -0.3 is 9.47 Å². The third kappa shape index (κ3) is 4.54. The fourth-order valence-corrected chi connectivity index (χ4v) is 4.41. The molecule has 7 nitrogen and oxygen atoms in total. The highest BCUT2D eigenvalue weighted by molar-refractivity contribution is 7.90. The summed E-state index contributed by atoms with van der Waals surface area (Å²) in [6.45, 7) is 1.67. The number of rotatable bonds is 7. The molecular formula is C17H21NO6S2. The Hall–Kier alpha value is -2.10. The predicted octanol–water partition coefficient (Wildman–Crippen LogP) is 2.15. The van der Waals surface area contributed by atoms with Crippen LogP contribution >= 0.6 is 0 Å². The van der Waals surface area contributed by atoms with Crippen LogP contribution in [-0.4, -0.2) is 37.3 Å². The SMILES string of the molecule is COc1ccc(OC)c(S(=O)(=O)NC(C)c2ccc(S(C)(=O)=O)cc2)c1. The van der Waals surface area contributed by atoms with E-state index in [1.807, 2.05) is 0 Å². The third-order valence-corrected chi connectivity index (χ3v) is 6.49. The average Bonchev–Trinajstić information content (AvgIpc) is 2.60. The Balaban J connectivity index is 2.32. The molecule has 0 aliphatic carbocycles. The van der Waals surface area contributed by atoms with E-state index in [0.717, 1.165) is 6.26 Å². The molecule has 0 bridgehead atoms. The van der Waals surface area contributed by atoms with Crippen LogP contribution in [0, 0.1) is 0 Å². The maximum atomic E-state index is 12.7. The molecule has 0 amide bonds. The molecule has 0 aromatic heterocycles. The Morgan fingerprint density at radius 2 is 1.54 bits per heavy atom. The van der Waals surface area contributed by atoms with Crippen molar-refractivity contribution in [3.8, 4) is 11.5 Å². The minimum atomic E-state index is -3.89. The summed E-state index contributed by atoms with van der Waals surface area (Å²) in [5.74, 6) is 0.578. The Morgan fingerprint density at radius 3 is 2.04 bits per heavy atom. The molecule has 0 aliphatic rings. The van der Waals surface area contributed by atoms with E-state index in [2.05, 4.69) is 4.72 Å². The molecule has 0 spiro atoms. The minimum Gasteiger partial charge on any atom is -0.497 e. The van der Waals surface area contributed by atoms with Gasteiger partial charge in [-0.1, -0.05) is 12.1 Å². The molecule has 1 atom stereocenters. The summed E-state index contributed by atoms with van der Waals surface area (Å²) < 4.78 is 61.3. The van der Waals surface area contributed by atoms with Crippen LogP contribution in [-0.2, 0) is 19.9 Å². The first kappa shape index (κ1) is 20.2. The summed E-state index contributed by atoms with van der Waals surface area (Å²) in [5, 5.41) is 0. The van der Waals surface area contributed by atoms with Gasteiger partial charge in [-0.15, -0.1) is 0 Å². The normalized spacial score (nSPS) is 13.2. The monoisotopic (exact) mass is 399 g/mol. The van der Waals surface area contributed by atoms with Gasteiger partial charge in [-0.3, -0.25) is 0 Å². The molecule has 0 aliphatic heterocycles. The van der Waals surface area contributed by atoms with Crippen LogP contribution in [0.3, 0.4) is 0 Å². The third-order valence-electron chi connectivity index (χ3n) is 3.80. The summed E-state index contributed by atoms with van der Waals surface area (Å²) >= 11 is 0. The lowest BCUT2D eigenvalue weighted by atomic mass is 10.1. The first-order valence-electron chi connectivity index (χ1n) is 7.63. The number of sulfone groups is 1. The molecule has 0 saturated heterocycles. The molecule has 0 radical (unpaired) electrons. The van der Waals surface area contributed by atoms with Crippen LogP contribution < -0.4 is 14.2 Å². The van der Waals surface area contributed by atoms with E-state index in [1.165, 1.54) is 38.5 Å². The molecule has 1 N–H and O–H groups in total. The van der Waals surface area contributed by atoms with E-state index in [4.69, 9.17) is 9.47 Å². The van der Waals surface area contributed by atoms with Crippen molar-refractivity contribution in [3.05, 3.63) is 48.0 Å². The number of sulfonamides is 1. The van der Waals surface area contributed by atoms with E-state index in [1.54, 1.807) is 25.1 Å². The quantitative estimate of drug-likeness (QED) is 0.766. The molecule has 1 unspecified atom stereocenters. The zero-order valence-electron chi connectivity index (χ0n) is 14.9. The second kappa shape index (κ2) is 7.65. The highest BCUT2D eigenvalue weighted by Gasteiger charge is 2.23. The molecule has 142 valence electrons. The van der Waals surface area contributed by atoms with Gasteiger partial charge in [0.05, 0.1) is 19.1 Å². The summed E-state index contributed by atoms with van der Waals surface area (Å²) in [6.07, 6.45) is 1.11. The molecule has 2 aromatic carbocycles. The topological polar surface area (TPSA) is 98.8 Å². The minimum absolute atomic E-state index is 0.0426. The number of hydrogen-bond donors (Lipinski definition) is 1. The van der Waals surface area contributed by atoms with Gasteiger partial charge >= 0.3 is 0 Å². The molecule has 0 fully saturated rings. The number of ether oxygens (including phenoxy) is 2. The fraction of sp³-hybridized carbons (Fsp3) is 0.294. The second-order valence-electron chi connectivity index (χ2n) is 5.70. The largest absolute Gasteiger partial charge is 0.497 e. The summed E-state index contributed by atoms with van der Waals surface area (Å²) in [7, 11) is -4.38. The van der Waals surface area contributed by atoms with E-state index in [9.17, 15) is 16.8 Å². The van der Waals surface area contributed by atoms with Crippen LogP contribution in [0.4, 0.5) is 0 Å². The van der Waals surface area contributed by atoms with Gasteiger partial charge in [-0.05, 0) is 36.8 Å². The van der Waals surface area contributed by atoms with Crippen LogP contribution in [0.2, 0.25) is 0 Å². The van der Waals surface area contributed by atoms with Gasteiger partial charge in [0.2, 0.25) is 10.0 Å². The summed E-state index contributed by atoms with van der Waals surface area (Å²) in [4.78, 5) is 0.129. The zero-order chi connectivity index (χ0) is 19.5. The van der Waals surface area contributed by atoms with Gasteiger partial charge in [-0.25, -0.2) is 21.6 Å². The molecule has 2 aromatic rings. The zero-order valence-corrected chi connectivity index (χ0v) is 16.5. The lowest BCUT2D eigenvalue weighted by molar-refractivity contribution is 0.391. The number of hydrogen-bond acceptors (Lipinski definition) is 6. The van der Waals surface area contributed by atoms with Gasteiger partial charge in [0.15, 0.2) is 9.84 Å². The number of nitrogens with one attached hydrogen (secondary N) is 1. The first-order chi connectivity index (χ1) is 12.1. The van der Waals surface area contributed by atoms with E-state index >= 15 is 0 Å². The molecule has 26 heavy (non-hydrogen) atoms. The van der Waals surface area contributed by atoms with E-state index in [-0.39, 0.29) is 15.5 Å². The van der Waals surface area contributed by atoms with Crippen LogP contribution in [0.5, 0.6) is 11.5 Å². The smallest absolute Gasteiger partial charge is 0.244 e. The van der Waals surface area contributed by atoms with Gasteiger partial charge in [0.1, 0.15) is 16.4 Å². The lowest BCUT2D eigenvalue weighted by Crippen LogP contribution is -2.27. The summed E-state index contributed by atoms with van der Waals surface area (Å²) in [6, 6.07) is 9.96. The standard InChI is InChI=1S/C17H21NO6S2/c1-12(13-5-8-15(9-6-13)25(4,19)20)18-26(21,22)17-11-14(23-2)7-10-16(17)24-3/h5-12,18H,1-4H3. The van der Waals surface area contributed by atoms with Crippen molar-refractivity contribution in [1.29, 1.82) is 0 Å². The van der Waals surface area contributed by atoms with Gasteiger partial charge in [-0.2, -0.15) is 0 Å². The molecular weight excluding hydrogens is 378 g/mol. The Morgan fingerprint density at radius 1 is 0.923 bits per heavy atom. The van der Waals surface area contributed by atoms with Crippen molar-refractivity contribution in [2.24, 2.45) is 0 Å². The van der Waals surface area contributed by atoms with E-state index < -0.39 is 25.9 Å². The molecule has 0 heterocycles. The first-order valence-corrected chi connectivity index (χ1v) is 11.0. The summed E-state index contributed by atoms with van der Waals surface area (Å²) in [5.41, 5.74) is 0.628. The van der Waals surface area contributed by atoms with Gasteiger partial charge in [0.25, 0.3) is 0 Å². The second-order valence-corrected chi connectivity index (χ2v) is 9.40. The highest BCUT2D eigenvalue weighted by atomic mass is 32.2. The maximum Gasteiger partial charge on any atom is 0.244 e. The van der Waals surface area contributed by atoms with Crippen molar-refractivity contribution in [2.75, 3.05) is 20.5 Å². The van der Waals surface area contributed by atoms with Crippen LogP contribution in [0.1, 0.15) is 18.5 Å². The van der Waals surface area contributed by atoms with Crippen LogP contribution in [0.25, 0.3) is 0 Å². The van der Waals surface area contributed by atoms with Gasteiger partial charge in [0, 0.05) is 18.4 Å². The Kier molecular flexibility index (Phi) is 5.94. The van der Waals surface area contributed by atoms with E-state index in [0.29, 0.717) is 11.3 Å². The molecule has 0 saturated carbocycles. The highest BCUT2D eigenvalue weighted by Crippen LogP contribution is 2.29. The Bertz CT molecular complexity index is 982. The molecule has 9 heteroatoms. The van der Waals surface area contributed by atoms with Crippen molar-refractivity contribution in [1.82, 2.24) is 4.72 Å². The van der Waals surface area contributed by atoms with Crippen molar-refractivity contribution < 1.29 is 26.3 Å². The molecule has 2 rings (SSSR count). The Labute approximate surface area is 153 Å².